The molecule has 1 saturated carbocycles. The average Bonchev–Trinajstić information content (AvgIpc) is 2.54. The molecule has 1 fully saturated rings. The summed E-state index contributed by atoms with van der Waals surface area (Å²) in [5.74, 6) is -1.93. The minimum Gasteiger partial charge on any atom is -0.481 e. The summed E-state index contributed by atoms with van der Waals surface area (Å²) in [4.78, 5) is 22.7. The van der Waals surface area contributed by atoms with E-state index in [4.69, 9.17) is 21.4 Å². The second-order valence-electron chi connectivity index (χ2n) is 5.90. The number of esters is 1. The van der Waals surface area contributed by atoms with Crippen molar-refractivity contribution < 1.29 is 27.9 Å². The Bertz CT molecular complexity index is 756. The van der Waals surface area contributed by atoms with Crippen molar-refractivity contribution in [2.24, 2.45) is 5.92 Å². The summed E-state index contributed by atoms with van der Waals surface area (Å²) in [6, 6.07) is 3.48. The van der Waals surface area contributed by atoms with E-state index in [-0.39, 0.29) is 28.1 Å². The zero-order valence-corrected chi connectivity index (χ0v) is 15.3. The van der Waals surface area contributed by atoms with E-state index in [0.29, 0.717) is 25.7 Å². The number of carbonyl (C=O) groups excluding carboxylic acids is 1. The van der Waals surface area contributed by atoms with Gasteiger partial charge in [-0.1, -0.05) is 11.6 Å². The van der Waals surface area contributed by atoms with E-state index in [1.54, 1.807) is 6.92 Å². The fourth-order valence-electron chi connectivity index (χ4n) is 2.80. The molecule has 0 atom stereocenters. The number of rotatable bonds is 6. The van der Waals surface area contributed by atoms with Gasteiger partial charge in [-0.3, -0.25) is 4.79 Å². The van der Waals surface area contributed by atoms with Crippen LogP contribution >= 0.6 is 11.6 Å². The molecule has 0 aromatic heterocycles. The molecule has 25 heavy (non-hydrogen) atoms. The third kappa shape index (κ3) is 5.17. The van der Waals surface area contributed by atoms with Gasteiger partial charge in [-0.05, 0) is 50.8 Å². The first-order chi connectivity index (χ1) is 11.7. The Kier molecular flexibility index (Phi) is 6.42. The van der Waals surface area contributed by atoms with Crippen molar-refractivity contribution >= 4 is 33.6 Å². The van der Waals surface area contributed by atoms with E-state index in [2.05, 4.69) is 4.72 Å². The van der Waals surface area contributed by atoms with Crippen LogP contribution in [0.25, 0.3) is 0 Å². The molecule has 2 rings (SSSR count). The molecule has 0 radical (unpaired) electrons. The smallest absolute Gasteiger partial charge is 0.338 e. The number of hydrogen-bond donors (Lipinski definition) is 2. The second kappa shape index (κ2) is 8.16. The number of carbonyl (C=O) groups is 2. The second-order valence-corrected chi connectivity index (χ2v) is 8.05. The first kappa shape index (κ1) is 19.7. The predicted molar refractivity (Wildman–Crippen MR) is 91.1 cm³/mol. The lowest BCUT2D eigenvalue weighted by Gasteiger charge is -2.26. The number of carboxylic acid groups (broad SMARTS) is 1. The molecule has 7 nitrogen and oxygen atoms in total. The number of hydrogen-bond acceptors (Lipinski definition) is 5. The van der Waals surface area contributed by atoms with Crippen molar-refractivity contribution in [3.05, 3.63) is 28.8 Å². The number of sulfonamides is 1. The first-order valence-corrected chi connectivity index (χ1v) is 9.82. The maximum absolute atomic E-state index is 12.6. The lowest BCUT2D eigenvalue weighted by Crippen LogP contribution is -2.38. The van der Waals surface area contributed by atoms with Crippen molar-refractivity contribution in [1.29, 1.82) is 0 Å². The number of aliphatic carboxylic acids is 1. The Balaban J connectivity index is 2.14. The third-order valence-corrected chi connectivity index (χ3v) is 5.81. The summed E-state index contributed by atoms with van der Waals surface area (Å²) in [6.07, 6.45) is 1.74. The van der Waals surface area contributed by atoms with Crippen LogP contribution in [-0.4, -0.2) is 38.1 Å². The van der Waals surface area contributed by atoms with Crippen molar-refractivity contribution in [1.82, 2.24) is 4.72 Å². The molecule has 0 unspecified atom stereocenters. The standard InChI is InChI=1S/C16H20ClNO6S/c1-2-24-16(21)11-7-12(17)9-14(8-11)25(22,23)18-13-5-3-10(4-6-13)15(19)20/h7-10,13,18H,2-6H2,1H3,(H,19,20). The van der Waals surface area contributed by atoms with E-state index < -0.39 is 27.9 Å². The van der Waals surface area contributed by atoms with Crippen LogP contribution in [-0.2, 0) is 19.6 Å². The van der Waals surface area contributed by atoms with Gasteiger partial charge < -0.3 is 9.84 Å². The highest BCUT2D eigenvalue weighted by atomic mass is 35.5. The molecular weight excluding hydrogens is 370 g/mol. The lowest BCUT2D eigenvalue weighted by atomic mass is 9.87. The lowest BCUT2D eigenvalue weighted by molar-refractivity contribution is -0.142. The zero-order valence-electron chi connectivity index (χ0n) is 13.7. The highest BCUT2D eigenvalue weighted by Crippen LogP contribution is 2.26. The van der Waals surface area contributed by atoms with Gasteiger partial charge in [0.1, 0.15) is 0 Å². The van der Waals surface area contributed by atoms with Crippen molar-refractivity contribution in [2.75, 3.05) is 6.61 Å². The molecule has 1 aliphatic rings. The van der Waals surface area contributed by atoms with Gasteiger partial charge in [0.25, 0.3) is 0 Å². The quantitative estimate of drug-likeness (QED) is 0.723. The van der Waals surface area contributed by atoms with Gasteiger partial charge in [0.15, 0.2) is 0 Å². The fourth-order valence-corrected chi connectivity index (χ4v) is 4.47. The normalized spacial score (nSPS) is 20.9. The molecule has 0 saturated heterocycles. The first-order valence-electron chi connectivity index (χ1n) is 7.95. The molecule has 0 bridgehead atoms. The molecule has 0 amide bonds. The summed E-state index contributed by atoms with van der Waals surface area (Å²) >= 11 is 5.93. The monoisotopic (exact) mass is 389 g/mol. The highest BCUT2D eigenvalue weighted by molar-refractivity contribution is 7.89. The average molecular weight is 390 g/mol. The molecule has 1 aromatic carbocycles. The number of carboxylic acids is 1. The minimum atomic E-state index is -3.88. The summed E-state index contributed by atoms with van der Waals surface area (Å²) in [5.41, 5.74) is 0.0595. The highest BCUT2D eigenvalue weighted by Gasteiger charge is 2.29. The van der Waals surface area contributed by atoms with Gasteiger partial charge in [-0.15, -0.1) is 0 Å². The summed E-state index contributed by atoms with van der Waals surface area (Å²) in [5, 5.41) is 9.11. The van der Waals surface area contributed by atoms with Crippen LogP contribution in [0.4, 0.5) is 0 Å². The van der Waals surface area contributed by atoms with Crippen LogP contribution in [0, 0.1) is 5.92 Å². The SMILES string of the molecule is CCOC(=O)c1cc(Cl)cc(S(=O)(=O)NC2CCC(C(=O)O)CC2)c1. The molecular formula is C16H20ClNO6S. The van der Waals surface area contributed by atoms with Gasteiger partial charge in [0.2, 0.25) is 10.0 Å². The van der Waals surface area contributed by atoms with Crippen molar-refractivity contribution in [2.45, 2.75) is 43.5 Å². The number of halogens is 1. The van der Waals surface area contributed by atoms with Crippen LogP contribution in [0.1, 0.15) is 43.0 Å². The number of nitrogens with one attached hydrogen (secondary N) is 1. The topological polar surface area (TPSA) is 110 Å². The molecule has 0 spiro atoms. The summed E-state index contributed by atoms with van der Waals surface area (Å²) < 4.78 is 32.6. The summed E-state index contributed by atoms with van der Waals surface area (Å²) in [7, 11) is -3.88. The summed E-state index contributed by atoms with van der Waals surface area (Å²) in [6.45, 7) is 1.81. The van der Waals surface area contributed by atoms with Crippen LogP contribution in [0.15, 0.2) is 23.1 Å². The zero-order chi connectivity index (χ0) is 18.6. The molecule has 1 aromatic rings. The van der Waals surface area contributed by atoms with Gasteiger partial charge >= 0.3 is 11.9 Å². The fraction of sp³-hybridized carbons (Fsp3) is 0.500. The van der Waals surface area contributed by atoms with Crippen molar-refractivity contribution in [3.8, 4) is 0 Å². The van der Waals surface area contributed by atoms with Crippen LogP contribution in [0.2, 0.25) is 5.02 Å². The number of benzene rings is 1. The minimum absolute atomic E-state index is 0.0595. The molecule has 9 heteroatoms. The Morgan fingerprint density at radius 1 is 1.24 bits per heavy atom. The van der Waals surface area contributed by atoms with Crippen molar-refractivity contribution in [3.63, 3.8) is 0 Å². The van der Waals surface area contributed by atoms with E-state index in [1.807, 2.05) is 0 Å². The maximum atomic E-state index is 12.6. The van der Waals surface area contributed by atoms with Gasteiger partial charge in [0, 0.05) is 11.1 Å². The van der Waals surface area contributed by atoms with Crippen LogP contribution in [0.3, 0.4) is 0 Å². The van der Waals surface area contributed by atoms with Gasteiger partial charge in [-0.25, -0.2) is 17.9 Å². The van der Waals surface area contributed by atoms with Crippen LogP contribution in [0.5, 0.6) is 0 Å². The Morgan fingerprint density at radius 2 is 1.88 bits per heavy atom. The Labute approximate surface area is 151 Å². The largest absolute Gasteiger partial charge is 0.481 e. The molecule has 2 N–H and O–H groups in total. The van der Waals surface area contributed by atoms with E-state index in [0.717, 1.165) is 0 Å². The van der Waals surface area contributed by atoms with Gasteiger partial charge in [-0.2, -0.15) is 0 Å². The van der Waals surface area contributed by atoms with E-state index in [9.17, 15) is 18.0 Å². The Morgan fingerprint density at radius 3 is 2.44 bits per heavy atom. The molecule has 1 aliphatic carbocycles. The van der Waals surface area contributed by atoms with Gasteiger partial charge in [0.05, 0.1) is 23.0 Å². The Hall–Kier alpha value is -1.64. The molecule has 138 valence electrons. The van der Waals surface area contributed by atoms with E-state index >= 15 is 0 Å². The number of ether oxygens (including phenoxy) is 1. The molecule has 0 aliphatic heterocycles. The maximum Gasteiger partial charge on any atom is 0.338 e. The van der Waals surface area contributed by atoms with Crippen LogP contribution < -0.4 is 4.72 Å². The van der Waals surface area contributed by atoms with E-state index in [1.165, 1.54) is 18.2 Å². The molecule has 0 heterocycles. The predicted octanol–water partition coefficient (Wildman–Crippen LogP) is 2.44. The third-order valence-electron chi connectivity index (χ3n) is 4.09.